The second-order valence-electron chi connectivity index (χ2n) is 3.87. The van der Waals surface area contributed by atoms with Crippen LogP contribution >= 0.6 is 34.4 Å². The predicted molar refractivity (Wildman–Crippen MR) is 80.1 cm³/mol. The molecule has 0 aromatic heterocycles. The Labute approximate surface area is 116 Å². The molecular weight excluding hydrogens is 331 g/mol. The number of rotatable bonds is 6. The first-order valence-corrected chi connectivity index (χ1v) is 7.62. The molecule has 0 spiro atoms. The fourth-order valence-electron chi connectivity index (χ4n) is 1.23. The van der Waals surface area contributed by atoms with Gasteiger partial charge in [-0.05, 0) is 46.7 Å². The average molecular weight is 348 g/mol. The summed E-state index contributed by atoms with van der Waals surface area (Å²) >= 11 is 4.03. The first-order valence-electron chi connectivity index (χ1n) is 5.49. The van der Waals surface area contributed by atoms with Gasteiger partial charge in [-0.1, -0.05) is 26.0 Å². The Bertz CT molecular complexity index is 334. The normalized spacial score (nSPS) is 12.4. The van der Waals surface area contributed by atoms with Gasteiger partial charge >= 0.3 is 0 Å². The number of carbonyl (C=O) groups is 1. The summed E-state index contributed by atoms with van der Waals surface area (Å²) in [7, 11) is 0. The van der Waals surface area contributed by atoms with Crippen molar-refractivity contribution < 1.29 is 4.79 Å². The maximum Gasteiger partial charge on any atom is 0.147 e. The van der Waals surface area contributed by atoms with E-state index in [2.05, 4.69) is 36.4 Å². The van der Waals surface area contributed by atoms with E-state index >= 15 is 0 Å². The van der Waals surface area contributed by atoms with Crippen LogP contribution in [0.2, 0.25) is 0 Å². The van der Waals surface area contributed by atoms with Gasteiger partial charge in [0.2, 0.25) is 0 Å². The first kappa shape index (κ1) is 14.0. The Morgan fingerprint density at radius 3 is 2.56 bits per heavy atom. The maximum atomic E-state index is 11.7. The highest BCUT2D eigenvalue weighted by Crippen LogP contribution is 2.14. The zero-order valence-electron chi connectivity index (χ0n) is 9.70. The molecule has 1 unspecified atom stereocenters. The molecule has 0 amide bonds. The molecule has 0 radical (unpaired) electrons. The topological polar surface area (TPSA) is 17.1 Å². The molecule has 1 aromatic rings. The zero-order valence-corrected chi connectivity index (χ0v) is 12.7. The van der Waals surface area contributed by atoms with E-state index in [0.717, 1.165) is 12.0 Å². The van der Waals surface area contributed by atoms with Crippen LogP contribution in [-0.2, 0) is 11.2 Å². The molecule has 0 fully saturated rings. The monoisotopic (exact) mass is 348 g/mol. The largest absolute Gasteiger partial charge is 0.298 e. The van der Waals surface area contributed by atoms with Gasteiger partial charge in [0.25, 0.3) is 0 Å². The van der Waals surface area contributed by atoms with Gasteiger partial charge in [0.1, 0.15) is 5.78 Å². The van der Waals surface area contributed by atoms with Crippen molar-refractivity contribution >= 4 is 40.1 Å². The predicted octanol–water partition coefficient (Wildman–Crippen LogP) is 3.93. The fraction of sp³-hybridized carbons (Fsp3) is 0.462. The highest BCUT2D eigenvalue weighted by Gasteiger charge is 2.06. The summed E-state index contributed by atoms with van der Waals surface area (Å²) in [6, 6.07) is 8.16. The van der Waals surface area contributed by atoms with Crippen LogP contribution in [0.3, 0.4) is 0 Å². The van der Waals surface area contributed by atoms with Crippen LogP contribution in [0.5, 0.6) is 0 Å². The highest BCUT2D eigenvalue weighted by atomic mass is 127. The second kappa shape index (κ2) is 7.33. The fourth-order valence-corrected chi connectivity index (χ4v) is 2.40. The smallest absolute Gasteiger partial charge is 0.147 e. The third-order valence-corrected chi connectivity index (χ3v) is 4.53. The molecule has 0 saturated heterocycles. The highest BCUT2D eigenvalue weighted by molar-refractivity contribution is 14.1. The summed E-state index contributed by atoms with van der Waals surface area (Å²) in [6.07, 6.45) is 1.70. The Morgan fingerprint density at radius 2 is 2.00 bits per heavy atom. The third kappa shape index (κ3) is 5.34. The van der Waals surface area contributed by atoms with E-state index in [0.29, 0.717) is 23.2 Å². The van der Waals surface area contributed by atoms with Gasteiger partial charge < -0.3 is 0 Å². The van der Waals surface area contributed by atoms with Crippen LogP contribution in [0.25, 0.3) is 0 Å². The molecule has 16 heavy (non-hydrogen) atoms. The molecule has 1 aromatic carbocycles. The number of hydrogen-bond donors (Lipinski definition) is 0. The lowest BCUT2D eigenvalue weighted by atomic mass is 10.1. The van der Waals surface area contributed by atoms with Crippen molar-refractivity contribution in [2.24, 2.45) is 0 Å². The first-order chi connectivity index (χ1) is 7.61. The molecule has 0 aliphatic carbocycles. The Balaban J connectivity index is 2.37. The number of hydrogen-bond acceptors (Lipinski definition) is 2. The quantitative estimate of drug-likeness (QED) is 0.725. The van der Waals surface area contributed by atoms with E-state index in [-0.39, 0.29) is 0 Å². The summed E-state index contributed by atoms with van der Waals surface area (Å²) < 4.78 is 1.21. The van der Waals surface area contributed by atoms with Crippen LogP contribution in [0.1, 0.15) is 25.8 Å². The standard InChI is InChI=1S/C13H17IOS/c1-3-10(2)16-9-13(15)8-11-4-6-12(14)7-5-11/h4-7,10H,3,8-9H2,1-2H3. The van der Waals surface area contributed by atoms with Crippen molar-refractivity contribution in [1.29, 1.82) is 0 Å². The van der Waals surface area contributed by atoms with E-state index in [1.54, 1.807) is 11.8 Å². The van der Waals surface area contributed by atoms with Gasteiger partial charge in [0.05, 0.1) is 5.75 Å². The lowest BCUT2D eigenvalue weighted by Gasteiger charge is -2.07. The summed E-state index contributed by atoms with van der Waals surface area (Å²) in [5.74, 6) is 0.965. The molecule has 3 heteroatoms. The van der Waals surface area contributed by atoms with Crippen molar-refractivity contribution in [2.45, 2.75) is 31.9 Å². The van der Waals surface area contributed by atoms with Crippen LogP contribution in [0.4, 0.5) is 0 Å². The second-order valence-corrected chi connectivity index (χ2v) is 6.54. The van der Waals surface area contributed by atoms with Gasteiger partial charge in [-0.3, -0.25) is 4.79 Å². The van der Waals surface area contributed by atoms with Crippen molar-refractivity contribution in [3.8, 4) is 0 Å². The van der Waals surface area contributed by atoms with Gasteiger partial charge in [-0.2, -0.15) is 11.8 Å². The number of Topliss-reactive ketones (excluding diaryl/α,β-unsaturated/α-hetero) is 1. The van der Waals surface area contributed by atoms with Crippen LogP contribution in [0, 0.1) is 3.57 Å². The molecule has 0 bridgehead atoms. The summed E-state index contributed by atoms with van der Waals surface area (Å²) in [4.78, 5) is 11.7. The summed E-state index contributed by atoms with van der Waals surface area (Å²) in [6.45, 7) is 4.32. The van der Waals surface area contributed by atoms with E-state index < -0.39 is 0 Å². The van der Waals surface area contributed by atoms with Crippen LogP contribution in [-0.4, -0.2) is 16.8 Å². The minimum absolute atomic E-state index is 0.325. The Morgan fingerprint density at radius 1 is 1.38 bits per heavy atom. The molecule has 0 aliphatic rings. The number of ketones is 1. The summed E-state index contributed by atoms with van der Waals surface area (Å²) in [5.41, 5.74) is 1.12. The number of carbonyl (C=O) groups excluding carboxylic acids is 1. The van der Waals surface area contributed by atoms with Crippen molar-refractivity contribution in [2.75, 3.05) is 5.75 Å². The number of thioether (sulfide) groups is 1. The van der Waals surface area contributed by atoms with Crippen molar-refractivity contribution in [3.05, 3.63) is 33.4 Å². The molecule has 0 aliphatic heterocycles. The minimum atomic E-state index is 0.325. The maximum absolute atomic E-state index is 11.7. The molecule has 1 rings (SSSR count). The molecule has 0 N–H and O–H groups in total. The third-order valence-electron chi connectivity index (χ3n) is 2.42. The van der Waals surface area contributed by atoms with Crippen molar-refractivity contribution in [3.63, 3.8) is 0 Å². The van der Waals surface area contributed by atoms with Crippen LogP contribution in [0.15, 0.2) is 24.3 Å². The number of benzene rings is 1. The molecule has 0 heterocycles. The number of halogens is 1. The van der Waals surface area contributed by atoms with Gasteiger partial charge in [-0.15, -0.1) is 0 Å². The minimum Gasteiger partial charge on any atom is -0.298 e. The van der Waals surface area contributed by atoms with Gasteiger partial charge in [-0.25, -0.2) is 0 Å². The van der Waals surface area contributed by atoms with E-state index in [9.17, 15) is 4.79 Å². The Hall–Kier alpha value is -0.0300. The summed E-state index contributed by atoms with van der Waals surface area (Å²) in [5, 5.41) is 0.584. The molecule has 0 saturated carbocycles. The van der Waals surface area contributed by atoms with E-state index in [1.165, 1.54) is 3.57 Å². The Kier molecular flexibility index (Phi) is 6.43. The van der Waals surface area contributed by atoms with E-state index in [1.807, 2.05) is 24.3 Å². The van der Waals surface area contributed by atoms with Gasteiger partial charge in [0, 0.05) is 15.2 Å². The lowest BCUT2D eigenvalue weighted by Crippen LogP contribution is -2.08. The molecular formula is C13H17IOS. The van der Waals surface area contributed by atoms with Crippen LogP contribution < -0.4 is 0 Å². The average Bonchev–Trinajstić information content (AvgIpc) is 2.29. The van der Waals surface area contributed by atoms with E-state index in [4.69, 9.17) is 0 Å². The molecule has 1 atom stereocenters. The lowest BCUT2D eigenvalue weighted by molar-refractivity contribution is -0.116. The molecule has 88 valence electrons. The SMILES string of the molecule is CCC(C)SCC(=O)Cc1ccc(I)cc1. The zero-order chi connectivity index (χ0) is 12.0. The van der Waals surface area contributed by atoms with Gasteiger partial charge in [0.15, 0.2) is 0 Å². The molecule has 1 nitrogen and oxygen atoms in total. The van der Waals surface area contributed by atoms with Crippen molar-refractivity contribution in [1.82, 2.24) is 0 Å².